The highest BCUT2D eigenvalue weighted by Crippen LogP contribution is 2.39. The molecule has 0 saturated carbocycles. The quantitative estimate of drug-likeness (QED) is 0.138. The SMILES string of the molecule is C=CCOC(=O)C(Oc1nc(-c2ccccc2Br)cc(-c2ccc(N=O)cc2)c1N)c1ccccc1. The van der Waals surface area contributed by atoms with Crippen LogP contribution in [0, 0.1) is 4.91 Å². The Morgan fingerprint density at radius 1 is 1.03 bits per heavy atom. The Morgan fingerprint density at radius 3 is 2.39 bits per heavy atom. The van der Waals surface area contributed by atoms with Crippen LogP contribution in [-0.4, -0.2) is 17.6 Å². The van der Waals surface area contributed by atoms with Crippen LogP contribution < -0.4 is 10.5 Å². The van der Waals surface area contributed by atoms with Gasteiger partial charge in [0.15, 0.2) is 0 Å². The summed E-state index contributed by atoms with van der Waals surface area (Å²) < 4.78 is 12.3. The number of nitrogen functional groups attached to an aromatic ring is 1. The van der Waals surface area contributed by atoms with Crippen LogP contribution in [0.4, 0.5) is 11.4 Å². The highest BCUT2D eigenvalue weighted by Gasteiger charge is 2.27. The third-order valence-electron chi connectivity index (χ3n) is 5.35. The summed E-state index contributed by atoms with van der Waals surface area (Å²) >= 11 is 3.57. The average Bonchev–Trinajstić information content (AvgIpc) is 2.92. The number of hydrogen-bond donors (Lipinski definition) is 1. The minimum absolute atomic E-state index is 0.0355. The van der Waals surface area contributed by atoms with Gasteiger partial charge in [0.25, 0.3) is 0 Å². The Bertz CT molecular complexity index is 1390. The number of carbonyl (C=O) groups is 1. The van der Waals surface area contributed by atoms with E-state index < -0.39 is 12.1 Å². The monoisotopic (exact) mass is 543 g/mol. The zero-order valence-electron chi connectivity index (χ0n) is 19.1. The first-order valence-electron chi connectivity index (χ1n) is 11.0. The van der Waals surface area contributed by atoms with Gasteiger partial charge in [0.2, 0.25) is 12.0 Å². The molecule has 4 rings (SSSR count). The van der Waals surface area contributed by atoms with E-state index in [0.29, 0.717) is 22.5 Å². The molecule has 1 heterocycles. The standard InChI is InChI=1S/C28H22BrN3O4/c1-2-16-35-28(33)26(19-8-4-3-5-9-19)36-27-25(30)22(18-12-14-20(32-34)15-13-18)17-24(31-27)21-10-6-7-11-23(21)29/h2-15,17,26H,1,16,30H2. The summed E-state index contributed by atoms with van der Waals surface area (Å²) in [6, 6.07) is 25.1. The number of hydrogen-bond acceptors (Lipinski definition) is 7. The molecule has 0 aliphatic rings. The molecule has 0 aliphatic heterocycles. The molecular weight excluding hydrogens is 522 g/mol. The van der Waals surface area contributed by atoms with Crippen molar-refractivity contribution in [1.82, 2.24) is 4.98 Å². The van der Waals surface area contributed by atoms with E-state index in [4.69, 9.17) is 15.2 Å². The van der Waals surface area contributed by atoms with Crippen LogP contribution in [-0.2, 0) is 9.53 Å². The molecule has 1 aromatic heterocycles. The maximum Gasteiger partial charge on any atom is 0.352 e. The summed E-state index contributed by atoms with van der Waals surface area (Å²) in [6.07, 6.45) is 0.376. The first-order chi connectivity index (χ1) is 17.5. The summed E-state index contributed by atoms with van der Waals surface area (Å²) in [5.41, 5.74) is 10.4. The summed E-state index contributed by atoms with van der Waals surface area (Å²) in [7, 11) is 0. The minimum atomic E-state index is -1.11. The average molecular weight is 544 g/mol. The van der Waals surface area contributed by atoms with Crippen LogP contribution in [0.1, 0.15) is 11.7 Å². The number of rotatable bonds is 9. The lowest BCUT2D eigenvalue weighted by Crippen LogP contribution is -2.22. The van der Waals surface area contributed by atoms with Gasteiger partial charge in [-0.25, -0.2) is 9.78 Å². The largest absolute Gasteiger partial charge is 0.458 e. The van der Waals surface area contributed by atoms with Crippen molar-refractivity contribution in [3.05, 3.63) is 113 Å². The molecular formula is C28H22BrN3O4. The van der Waals surface area contributed by atoms with E-state index in [0.717, 1.165) is 15.6 Å². The van der Waals surface area contributed by atoms with E-state index in [1.807, 2.05) is 36.4 Å². The van der Waals surface area contributed by atoms with Gasteiger partial charge < -0.3 is 15.2 Å². The van der Waals surface area contributed by atoms with Crippen molar-refractivity contribution >= 4 is 33.3 Å². The lowest BCUT2D eigenvalue weighted by atomic mass is 10.0. The van der Waals surface area contributed by atoms with Gasteiger partial charge >= 0.3 is 5.97 Å². The van der Waals surface area contributed by atoms with Crippen molar-refractivity contribution in [3.63, 3.8) is 0 Å². The first kappa shape index (κ1) is 24.8. The highest BCUT2D eigenvalue weighted by atomic mass is 79.9. The lowest BCUT2D eigenvalue weighted by Gasteiger charge is -2.20. The van der Waals surface area contributed by atoms with Crippen molar-refractivity contribution in [1.29, 1.82) is 0 Å². The molecule has 1 atom stereocenters. The second-order valence-corrected chi connectivity index (χ2v) is 8.57. The van der Waals surface area contributed by atoms with E-state index >= 15 is 0 Å². The summed E-state index contributed by atoms with van der Waals surface area (Å²) in [5, 5.41) is 2.96. The van der Waals surface area contributed by atoms with E-state index in [1.165, 1.54) is 6.08 Å². The third-order valence-corrected chi connectivity index (χ3v) is 6.04. The molecule has 0 bridgehead atoms. The van der Waals surface area contributed by atoms with Crippen LogP contribution in [0.25, 0.3) is 22.4 Å². The van der Waals surface area contributed by atoms with Crippen LogP contribution in [0.2, 0.25) is 0 Å². The molecule has 0 spiro atoms. The lowest BCUT2D eigenvalue weighted by molar-refractivity contribution is -0.151. The van der Waals surface area contributed by atoms with Gasteiger partial charge in [-0.05, 0) is 35.0 Å². The molecule has 7 nitrogen and oxygen atoms in total. The van der Waals surface area contributed by atoms with Crippen molar-refractivity contribution in [3.8, 4) is 28.3 Å². The molecule has 3 aromatic carbocycles. The number of nitroso groups, excluding NO2 is 1. The highest BCUT2D eigenvalue weighted by molar-refractivity contribution is 9.10. The number of pyridine rings is 1. The van der Waals surface area contributed by atoms with Gasteiger partial charge in [0.05, 0.1) is 5.69 Å². The molecule has 8 heteroatoms. The fourth-order valence-corrected chi connectivity index (χ4v) is 4.07. The molecule has 4 aromatic rings. The number of nitrogens with two attached hydrogens (primary N) is 1. The van der Waals surface area contributed by atoms with Crippen LogP contribution in [0.3, 0.4) is 0 Å². The van der Waals surface area contributed by atoms with Gasteiger partial charge in [0.1, 0.15) is 18.0 Å². The molecule has 1 unspecified atom stereocenters. The molecule has 180 valence electrons. The van der Waals surface area contributed by atoms with E-state index in [2.05, 4.69) is 32.7 Å². The molecule has 0 saturated heterocycles. The topological polar surface area (TPSA) is 104 Å². The van der Waals surface area contributed by atoms with Gasteiger partial charge in [0, 0.05) is 21.2 Å². The van der Waals surface area contributed by atoms with Crippen molar-refractivity contribution in [2.75, 3.05) is 12.3 Å². The fraction of sp³-hybridized carbons (Fsp3) is 0.0714. The number of nitrogens with zero attached hydrogens (tertiary/aromatic N) is 2. The second kappa shape index (κ2) is 11.4. The maximum atomic E-state index is 12.9. The van der Waals surface area contributed by atoms with E-state index in [9.17, 15) is 9.70 Å². The third kappa shape index (κ3) is 5.50. The normalized spacial score (nSPS) is 11.4. The number of esters is 1. The number of benzene rings is 3. The zero-order chi connectivity index (χ0) is 25.5. The van der Waals surface area contributed by atoms with Gasteiger partial charge in [-0.15, -0.1) is 4.91 Å². The maximum absolute atomic E-state index is 12.9. The predicted molar refractivity (Wildman–Crippen MR) is 144 cm³/mol. The molecule has 0 aliphatic carbocycles. The van der Waals surface area contributed by atoms with E-state index in [1.54, 1.807) is 48.5 Å². The molecule has 2 N–H and O–H groups in total. The van der Waals surface area contributed by atoms with E-state index in [-0.39, 0.29) is 18.2 Å². The van der Waals surface area contributed by atoms with Crippen LogP contribution in [0.15, 0.2) is 107 Å². The smallest absolute Gasteiger partial charge is 0.352 e. The number of carbonyl (C=O) groups excluding carboxylic acids is 1. The van der Waals surface area contributed by atoms with Crippen LogP contribution >= 0.6 is 15.9 Å². The summed E-state index contributed by atoms with van der Waals surface area (Å²) in [5.74, 6) is -0.531. The minimum Gasteiger partial charge on any atom is -0.458 e. The van der Waals surface area contributed by atoms with Crippen molar-refractivity contribution in [2.45, 2.75) is 6.10 Å². The first-order valence-corrected chi connectivity index (χ1v) is 11.8. The predicted octanol–water partition coefficient (Wildman–Crippen LogP) is 7.01. The molecule has 36 heavy (non-hydrogen) atoms. The van der Waals surface area contributed by atoms with Gasteiger partial charge in [-0.1, -0.05) is 89.2 Å². The van der Waals surface area contributed by atoms with Crippen LogP contribution in [0.5, 0.6) is 5.88 Å². The zero-order valence-corrected chi connectivity index (χ0v) is 20.7. The summed E-state index contributed by atoms with van der Waals surface area (Å²) in [4.78, 5) is 28.5. The number of halogens is 1. The Morgan fingerprint density at radius 2 is 1.72 bits per heavy atom. The summed E-state index contributed by atoms with van der Waals surface area (Å²) in [6.45, 7) is 3.63. The Kier molecular flexibility index (Phi) is 7.87. The number of aromatic nitrogens is 1. The van der Waals surface area contributed by atoms with Gasteiger partial charge in [-0.3, -0.25) is 0 Å². The molecule has 0 amide bonds. The van der Waals surface area contributed by atoms with Crippen molar-refractivity contribution < 1.29 is 14.3 Å². The van der Waals surface area contributed by atoms with Gasteiger partial charge in [-0.2, -0.15) is 0 Å². The Hall–Kier alpha value is -4.30. The molecule has 0 fully saturated rings. The second-order valence-electron chi connectivity index (χ2n) is 7.72. The molecule has 0 radical (unpaired) electrons. The number of ether oxygens (including phenoxy) is 2. The van der Waals surface area contributed by atoms with Crippen molar-refractivity contribution in [2.24, 2.45) is 5.18 Å². The number of anilines is 1. The Labute approximate surface area is 216 Å². The Balaban J connectivity index is 1.86. The fourth-order valence-electron chi connectivity index (χ4n) is 3.58.